The molecule has 0 saturated heterocycles. The highest BCUT2D eigenvalue weighted by Gasteiger charge is 2.01. The van der Waals surface area contributed by atoms with Crippen LogP contribution in [-0.2, 0) is 5.75 Å². The second-order valence-corrected chi connectivity index (χ2v) is 5.02. The molecule has 0 aromatic heterocycles. The van der Waals surface area contributed by atoms with Crippen LogP contribution in [-0.4, -0.2) is 12.9 Å². The summed E-state index contributed by atoms with van der Waals surface area (Å²) in [6.45, 7) is 4.46. The van der Waals surface area contributed by atoms with Crippen LogP contribution in [0.3, 0.4) is 0 Å². The summed E-state index contributed by atoms with van der Waals surface area (Å²) in [5.41, 5.74) is 7.81. The Bertz CT molecular complexity index is 312. The van der Waals surface area contributed by atoms with Crippen molar-refractivity contribution in [1.29, 1.82) is 0 Å². The van der Waals surface area contributed by atoms with E-state index in [1.807, 2.05) is 23.9 Å². The average Bonchev–Trinajstić information content (AvgIpc) is 2.17. The van der Waals surface area contributed by atoms with Crippen molar-refractivity contribution in [3.63, 3.8) is 0 Å². The van der Waals surface area contributed by atoms with Crippen molar-refractivity contribution in [2.24, 2.45) is 5.92 Å². The Labute approximate surface area is 96.2 Å². The van der Waals surface area contributed by atoms with Crippen molar-refractivity contribution in [3.05, 3.63) is 23.8 Å². The molecule has 0 spiro atoms. The summed E-state index contributed by atoms with van der Waals surface area (Å²) in [4.78, 5) is 0. The molecule has 1 aromatic carbocycles. The number of nitrogens with two attached hydrogens (primary N) is 1. The highest BCUT2D eigenvalue weighted by atomic mass is 32.2. The Kier molecular flexibility index (Phi) is 4.82. The molecule has 0 aliphatic heterocycles. The topological polar surface area (TPSA) is 35.2 Å². The predicted octanol–water partition coefficient (Wildman–Crippen LogP) is 3.17. The minimum absolute atomic E-state index is 0.722. The van der Waals surface area contributed by atoms with Crippen LogP contribution in [0, 0.1) is 5.92 Å². The summed E-state index contributed by atoms with van der Waals surface area (Å²) in [5.74, 6) is 3.70. The first-order valence-electron chi connectivity index (χ1n) is 5.13. The van der Waals surface area contributed by atoms with Crippen LogP contribution in [0.4, 0.5) is 5.69 Å². The van der Waals surface area contributed by atoms with Crippen molar-refractivity contribution in [1.82, 2.24) is 0 Å². The second-order valence-electron chi connectivity index (χ2n) is 3.99. The van der Waals surface area contributed by atoms with Gasteiger partial charge in [0.15, 0.2) is 0 Å². The van der Waals surface area contributed by atoms with E-state index in [1.165, 1.54) is 11.3 Å². The van der Waals surface area contributed by atoms with E-state index < -0.39 is 0 Å². The van der Waals surface area contributed by atoms with Crippen LogP contribution in [0.15, 0.2) is 18.2 Å². The molecular formula is C12H19NOS. The third-order valence-corrected chi connectivity index (χ3v) is 3.45. The monoisotopic (exact) mass is 225 g/mol. The molecule has 1 aromatic rings. The number of nitrogen functional groups attached to an aromatic ring is 1. The van der Waals surface area contributed by atoms with Gasteiger partial charge in [-0.15, -0.1) is 0 Å². The number of hydrogen-bond donors (Lipinski definition) is 1. The second kappa shape index (κ2) is 5.91. The number of ether oxygens (including phenoxy) is 1. The summed E-state index contributed by atoms with van der Waals surface area (Å²) in [5, 5.41) is 0. The Morgan fingerprint density at radius 1 is 1.40 bits per heavy atom. The molecule has 0 fully saturated rings. The molecule has 0 atom stereocenters. The first-order valence-corrected chi connectivity index (χ1v) is 6.29. The molecule has 1 rings (SSSR count). The number of anilines is 1. The maximum absolute atomic E-state index is 5.83. The predicted molar refractivity (Wildman–Crippen MR) is 68.4 cm³/mol. The van der Waals surface area contributed by atoms with E-state index in [0.717, 1.165) is 23.1 Å². The summed E-state index contributed by atoms with van der Waals surface area (Å²) >= 11 is 1.94. The van der Waals surface area contributed by atoms with Crippen molar-refractivity contribution in [3.8, 4) is 5.75 Å². The van der Waals surface area contributed by atoms with Gasteiger partial charge in [-0.25, -0.2) is 0 Å². The normalized spacial score (nSPS) is 10.7. The fourth-order valence-corrected chi connectivity index (χ4v) is 2.29. The number of rotatable bonds is 5. The summed E-state index contributed by atoms with van der Waals surface area (Å²) in [6.07, 6.45) is 0. The highest BCUT2D eigenvalue weighted by molar-refractivity contribution is 7.98. The Hall–Kier alpha value is -0.830. The zero-order valence-corrected chi connectivity index (χ0v) is 10.4. The van der Waals surface area contributed by atoms with Gasteiger partial charge >= 0.3 is 0 Å². The zero-order chi connectivity index (χ0) is 11.3. The maximum Gasteiger partial charge on any atom is 0.141 e. The van der Waals surface area contributed by atoms with Gasteiger partial charge in [0.2, 0.25) is 0 Å². The first kappa shape index (κ1) is 12.2. The van der Waals surface area contributed by atoms with E-state index in [-0.39, 0.29) is 0 Å². The molecule has 0 saturated carbocycles. The van der Waals surface area contributed by atoms with Gasteiger partial charge in [-0.05, 0) is 29.4 Å². The van der Waals surface area contributed by atoms with Gasteiger partial charge in [0.05, 0.1) is 12.8 Å². The molecule has 0 aliphatic carbocycles. The molecule has 15 heavy (non-hydrogen) atoms. The van der Waals surface area contributed by atoms with Crippen molar-refractivity contribution in [2.75, 3.05) is 18.6 Å². The van der Waals surface area contributed by atoms with Crippen LogP contribution in [0.1, 0.15) is 19.4 Å². The molecule has 2 nitrogen and oxygen atoms in total. The summed E-state index contributed by atoms with van der Waals surface area (Å²) in [6, 6.07) is 6.00. The standard InChI is InChI=1S/C12H19NOS/c1-9(2)7-15-8-10-4-5-12(14-3)11(13)6-10/h4-6,9H,7-8,13H2,1-3H3. The molecule has 2 N–H and O–H groups in total. The minimum atomic E-state index is 0.722. The third kappa shape index (κ3) is 4.04. The molecule has 0 aliphatic rings. The zero-order valence-electron chi connectivity index (χ0n) is 9.62. The van der Waals surface area contributed by atoms with E-state index in [1.54, 1.807) is 7.11 Å². The Balaban J connectivity index is 2.52. The third-order valence-electron chi connectivity index (χ3n) is 2.01. The fraction of sp³-hybridized carbons (Fsp3) is 0.500. The number of thioether (sulfide) groups is 1. The lowest BCUT2D eigenvalue weighted by Crippen LogP contribution is -1.95. The lowest BCUT2D eigenvalue weighted by atomic mass is 10.2. The van der Waals surface area contributed by atoms with Gasteiger partial charge < -0.3 is 10.5 Å². The molecular weight excluding hydrogens is 206 g/mol. The SMILES string of the molecule is COc1ccc(CSCC(C)C)cc1N. The van der Waals surface area contributed by atoms with Crippen molar-refractivity contribution >= 4 is 17.4 Å². The van der Waals surface area contributed by atoms with Crippen LogP contribution in [0.2, 0.25) is 0 Å². The van der Waals surface area contributed by atoms with Gasteiger partial charge in [-0.2, -0.15) is 11.8 Å². The summed E-state index contributed by atoms with van der Waals surface area (Å²) in [7, 11) is 1.64. The lowest BCUT2D eigenvalue weighted by Gasteiger charge is -2.08. The van der Waals surface area contributed by atoms with E-state index in [0.29, 0.717) is 0 Å². The molecule has 0 radical (unpaired) electrons. The van der Waals surface area contributed by atoms with E-state index >= 15 is 0 Å². The highest BCUT2D eigenvalue weighted by Crippen LogP contribution is 2.24. The van der Waals surface area contributed by atoms with Crippen molar-refractivity contribution < 1.29 is 4.74 Å². The van der Waals surface area contributed by atoms with Crippen LogP contribution in [0.5, 0.6) is 5.75 Å². The number of hydrogen-bond acceptors (Lipinski definition) is 3. The van der Waals surface area contributed by atoms with Gasteiger partial charge in [0.1, 0.15) is 5.75 Å². The minimum Gasteiger partial charge on any atom is -0.495 e. The van der Waals surface area contributed by atoms with Crippen LogP contribution in [0.25, 0.3) is 0 Å². The molecule has 0 unspecified atom stereocenters. The molecule has 0 amide bonds. The average molecular weight is 225 g/mol. The molecule has 84 valence electrons. The van der Waals surface area contributed by atoms with Gasteiger partial charge in [0.25, 0.3) is 0 Å². The van der Waals surface area contributed by atoms with E-state index in [9.17, 15) is 0 Å². The molecule has 3 heteroatoms. The molecule has 0 heterocycles. The number of benzene rings is 1. The Morgan fingerprint density at radius 3 is 2.67 bits per heavy atom. The Morgan fingerprint density at radius 2 is 2.13 bits per heavy atom. The van der Waals surface area contributed by atoms with E-state index in [4.69, 9.17) is 10.5 Å². The van der Waals surface area contributed by atoms with Gasteiger partial charge in [-0.1, -0.05) is 19.9 Å². The van der Waals surface area contributed by atoms with Gasteiger partial charge in [-0.3, -0.25) is 0 Å². The fourth-order valence-electron chi connectivity index (χ4n) is 1.29. The number of methoxy groups -OCH3 is 1. The van der Waals surface area contributed by atoms with Crippen LogP contribution < -0.4 is 10.5 Å². The maximum atomic E-state index is 5.83. The van der Waals surface area contributed by atoms with E-state index in [2.05, 4.69) is 19.9 Å². The summed E-state index contributed by atoms with van der Waals surface area (Å²) < 4.78 is 5.11. The molecule has 0 bridgehead atoms. The van der Waals surface area contributed by atoms with Crippen LogP contribution >= 0.6 is 11.8 Å². The quantitative estimate of drug-likeness (QED) is 0.782. The van der Waals surface area contributed by atoms with Crippen molar-refractivity contribution in [2.45, 2.75) is 19.6 Å². The largest absolute Gasteiger partial charge is 0.495 e. The van der Waals surface area contributed by atoms with Gasteiger partial charge in [0, 0.05) is 5.75 Å². The first-order chi connectivity index (χ1) is 7.13. The smallest absolute Gasteiger partial charge is 0.141 e. The lowest BCUT2D eigenvalue weighted by molar-refractivity contribution is 0.417.